The van der Waals surface area contributed by atoms with Crippen LogP contribution in [0.3, 0.4) is 0 Å². The summed E-state index contributed by atoms with van der Waals surface area (Å²) >= 11 is 0. The Balaban J connectivity index is 1.98. The minimum absolute atomic E-state index is 0.103. The highest BCUT2D eigenvalue weighted by atomic mass is 16.6. The maximum atomic E-state index is 12.5. The lowest BCUT2D eigenvalue weighted by Gasteiger charge is -2.34. The van der Waals surface area contributed by atoms with E-state index in [0.29, 0.717) is 19.3 Å². The zero-order valence-corrected chi connectivity index (χ0v) is 24.9. The first kappa shape index (κ1) is 34.7. The van der Waals surface area contributed by atoms with Gasteiger partial charge in [0.05, 0.1) is 6.61 Å². The highest BCUT2D eigenvalue weighted by Crippen LogP contribution is 2.31. The Morgan fingerprint density at radius 2 is 1.21 bits per heavy atom. The molecule has 1 heterocycles. The van der Waals surface area contributed by atoms with Gasteiger partial charge in [0.15, 0.2) is 0 Å². The number of unbranched alkanes of at least 4 members (excludes halogenated alkanes) is 20. The van der Waals surface area contributed by atoms with Crippen LogP contribution >= 0.6 is 0 Å². The van der Waals surface area contributed by atoms with Gasteiger partial charge in [-0.25, -0.2) is 4.79 Å². The fourth-order valence-corrected chi connectivity index (χ4v) is 5.55. The number of nitrogens with two attached hydrogens (primary N) is 1. The summed E-state index contributed by atoms with van der Waals surface area (Å²) in [6.45, 7) is 2.18. The zero-order valence-electron chi connectivity index (χ0n) is 24.9. The molecule has 0 saturated carbocycles. The normalized spacial score (nSPS) is 17.4. The maximum absolute atomic E-state index is 12.5. The van der Waals surface area contributed by atoms with E-state index in [1.807, 2.05) is 6.08 Å². The molecule has 0 aromatic heterocycles. The summed E-state index contributed by atoms with van der Waals surface area (Å²) in [6, 6.07) is 0. The third-order valence-electron chi connectivity index (χ3n) is 8.19. The summed E-state index contributed by atoms with van der Waals surface area (Å²) in [5.74, 6) is -0.511. The first-order chi connectivity index (χ1) is 18.5. The van der Waals surface area contributed by atoms with Crippen molar-refractivity contribution in [1.82, 2.24) is 0 Å². The Morgan fingerprint density at radius 1 is 0.763 bits per heavy atom. The van der Waals surface area contributed by atoms with Crippen molar-refractivity contribution in [2.75, 3.05) is 6.61 Å². The van der Waals surface area contributed by atoms with Crippen LogP contribution in [0.25, 0.3) is 0 Å². The van der Waals surface area contributed by atoms with Gasteiger partial charge in [0.1, 0.15) is 5.60 Å². The molecule has 5 heteroatoms. The molecular formula is C33H61NO4. The van der Waals surface area contributed by atoms with Gasteiger partial charge < -0.3 is 15.6 Å². The quantitative estimate of drug-likeness (QED) is 0.0812. The number of carbonyl (C=O) groups excluding carboxylic acids is 2. The molecule has 222 valence electrons. The predicted octanol–water partition coefficient (Wildman–Crippen LogP) is 8.85. The first-order valence-electron chi connectivity index (χ1n) is 16.3. The number of primary amides is 1. The summed E-state index contributed by atoms with van der Waals surface area (Å²) in [5.41, 5.74) is 5.17. The summed E-state index contributed by atoms with van der Waals surface area (Å²) < 4.78 is 5.76. The average Bonchev–Trinajstić information content (AvgIpc) is 2.90. The van der Waals surface area contributed by atoms with Crippen molar-refractivity contribution in [1.29, 1.82) is 0 Å². The van der Waals surface area contributed by atoms with E-state index in [-0.39, 0.29) is 18.5 Å². The van der Waals surface area contributed by atoms with Crippen LogP contribution in [0.5, 0.6) is 0 Å². The molecule has 0 spiro atoms. The predicted molar refractivity (Wildman–Crippen MR) is 159 cm³/mol. The monoisotopic (exact) mass is 535 g/mol. The smallest absolute Gasteiger partial charge is 0.334 e. The van der Waals surface area contributed by atoms with Crippen LogP contribution in [-0.2, 0) is 14.3 Å². The van der Waals surface area contributed by atoms with E-state index in [1.54, 1.807) is 0 Å². The number of amides is 1. The van der Waals surface area contributed by atoms with Crippen LogP contribution in [0.1, 0.15) is 174 Å². The zero-order chi connectivity index (χ0) is 27.7. The minimum Gasteiger partial charge on any atom is -0.453 e. The Kier molecular flexibility index (Phi) is 21.5. The summed E-state index contributed by atoms with van der Waals surface area (Å²) in [4.78, 5) is 23.3. The van der Waals surface area contributed by atoms with Crippen molar-refractivity contribution in [3.05, 3.63) is 11.6 Å². The van der Waals surface area contributed by atoms with E-state index >= 15 is 0 Å². The molecule has 0 radical (unpaired) electrons. The fourth-order valence-electron chi connectivity index (χ4n) is 5.55. The molecule has 0 aromatic rings. The molecule has 3 N–H and O–H groups in total. The van der Waals surface area contributed by atoms with E-state index in [2.05, 4.69) is 6.92 Å². The van der Waals surface area contributed by atoms with Gasteiger partial charge in [-0.3, -0.25) is 4.79 Å². The molecule has 0 aliphatic carbocycles. The van der Waals surface area contributed by atoms with Crippen molar-refractivity contribution >= 4 is 11.9 Å². The van der Waals surface area contributed by atoms with E-state index in [9.17, 15) is 14.7 Å². The van der Waals surface area contributed by atoms with Crippen molar-refractivity contribution in [2.45, 2.75) is 179 Å². The van der Waals surface area contributed by atoms with Crippen LogP contribution in [0.2, 0.25) is 0 Å². The molecular weight excluding hydrogens is 474 g/mol. The van der Waals surface area contributed by atoms with E-state index in [0.717, 1.165) is 50.5 Å². The average molecular weight is 536 g/mol. The molecule has 0 bridgehead atoms. The van der Waals surface area contributed by atoms with Crippen LogP contribution < -0.4 is 5.73 Å². The van der Waals surface area contributed by atoms with Gasteiger partial charge in [0, 0.05) is 18.4 Å². The summed E-state index contributed by atoms with van der Waals surface area (Å²) in [6.07, 6.45) is 32.4. The number of cyclic esters (lactones) is 1. The molecule has 0 fully saturated rings. The summed E-state index contributed by atoms with van der Waals surface area (Å²) in [7, 11) is 0. The van der Waals surface area contributed by atoms with Gasteiger partial charge in [-0.15, -0.1) is 0 Å². The Hall–Kier alpha value is -1.36. The van der Waals surface area contributed by atoms with Gasteiger partial charge in [-0.05, 0) is 32.1 Å². The SMILES string of the molecule is CCCCCCCCCCCCCCCCCCCCC1(CO)CC=C(CCCCCCC(N)=O)C(=O)O1. The summed E-state index contributed by atoms with van der Waals surface area (Å²) in [5, 5.41) is 9.96. The lowest BCUT2D eigenvalue weighted by Crippen LogP contribution is -2.41. The van der Waals surface area contributed by atoms with Crippen molar-refractivity contribution in [3.8, 4) is 0 Å². The van der Waals surface area contributed by atoms with Crippen LogP contribution in [-0.4, -0.2) is 29.2 Å². The number of carbonyl (C=O) groups is 2. The van der Waals surface area contributed by atoms with Crippen LogP contribution in [0, 0.1) is 0 Å². The lowest BCUT2D eigenvalue weighted by molar-refractivity contribution is -0.163. The molecule has 1 aliphatic heterocycles. The Labute approximate surface area is 234 Å². The number of aliphatic hydroxyl groups is 1. The highest BCUT2D eigenvalue weighted by molar-refractivity contribution is 5.89. The van der Waals surface area contributed by atoms with E-state index < -0.39 is 5.60 Å². The topological polar surface area (TPSA) is 89.6 Å². The number of esters is 1. The van der Waals surface area contributed by atoms with Crippen molar-refractivity contribution < 1.29 is 19.4 Å². The van der Waals surface area contributed by atoms with Gasteiger partial charge in [-0.1, -0.05) is 135 Å². The number of rotatable bonds is 27. The van der Waals surface area contributed by atoms with Gasteiger partial charge in [-0.2, -0.15) is 0 Å². The molecule has 5 nitrogen and oxygen atoms in total. The third-order valence-corrected chi connectivity index (χ3v) is 8.19. The van der Waals surface area contributed by atoms with Gasteiger partial charge in [0.2, 0.25) is 5.91 Å². The molecule has 38 heavy (non-hydrogen) atoms. The van der Waals surface area contributed by atoms with Gasteiger partial charge in [0.25, 0.3) is 0 Å². The maximum Gasteiger partial charge on any atom is 0.334 e. The van der Waals surface area contributed by atoms with Crippen LogP contribution in [0.15, 0.2) is 11.6 Å². The lowest BCUT2D eigenvalue weighted by atomic mass is 9.88. The molecule has 0 aromatic carbocycles. The highest BCUT2D eigenvalue weighted by Gasteiger charge is 2.36. The largest absolute Gasteiger partial charge is 0.453 e. The standard InChI is InChI=1S/C33H61NO4/c1-2-3-4-5-6-7-8-9-10-11-12-13-14-15-16-17-20-23-27-33(29-35)28-26-30(32(37)38-33)24-21-18-19-22-25-31(34)36/h26,35H,2-25,27-29H2,1H3,(H2,34,36). The second-order valence-electron chi connectivity index (χ2n) is 11.8. The number of hydrogen-bond donors (Lipinski definition) is 2. The molecule has 0 saturated heterocycles. The fraction of sp³-hybridized carbons (Fsp3) is 0.879. The second-order valence-corrected chi connectivity index (χ2v) is 11.8. The number of hydrogen-bond acceptors (Lipinski definition) is 4. The Morgan fingerprint density at radius 3 is 1.66 bits per heavy atom. The molecule has 1 unspecified atom stereocenters. The van der Waals surface area contributed by atoms with Gasteiger partial charge >= 0.3 is 5.97 Å². The third kappa shape index (κ3) is 18.0. The minimum atomic E-state index is -0.725. The molecule has 1 aliphatic rings. The molecule has 1 rings (SSSR count). The number of ether oxygens (including phenoxy) is 1. The first-order valence-corrected chi connectivity index (χ1v) is 16.3. The van der Waals surface area contributed by atoms with Crippen molar-refractivity contribution in [3.63, 3.8) is 0 Å². The molecule has 1 amide bonds. The van der Waals surface area contributed by atoms with E-state index in [1.165, 1.54) is 103 Å². The second kappa shape index (κ2) is 23.5. The van der Waals surface area contributed by atoms with E-state index in [4.69, 9.17) is 10.5 Å². The van der Waals surface area contributed by atoms with Crippen LogP contribution in [0.4, 0.5) is 0 Å². The van der Waals surface area contributed by atoms with Crippen molar-refractivity contribution in [2.24, 2.45) is 5.73 Å². The Bertz CT molecular complexity index is 632. The molecule has 1 atom stereocenters. The number of aliphatic hydroxyl groups excluding tert-OH is 1.